The van der Waals surface area contributed by atoms with Gasteiger partial charge in [0.1, 0.15) is 12.0 Å². The van der Waals surface area contributed by atoms with Crippen molar-refractivity contribution in [1.29, 1.82) is 0 Å². The van der Waals surface area contributed by atoms with Gasteiger partial charge in [-0.05, 0) is 18.2 Å². The van der Waals surface area contributed by atoms with Crippen molar-refractivity contribution < 1.29 is 13.9 Å². The third-order valence-corrected chi connectivity index (χ3v) is 1.60. The quantitative estimate of drug-likeness (QED) is 0.677. The zero-order valence-corrected chi connectivity index (χ0v) is 7.21. The number of hydrogen-bond donors (Lipinski definition) is 0. The van der Waals surface area contributed by atoms with Gasteiger partial charge in [0, 0.05) is 6.20 Å². The van der Waals surface area contributed by atoms with Crippen LogP contribution in [-0.2, 0) is 0 Å². The van der Waals surface area contributed by atoms with Crippen molar-refractivity contribution in [2.75, 3.05) is 0 Å². The molecule has 0 saturated carbocycles. The van der Waals surface area contributed by atoms with E-state index in [9.17, 15) is 4.79 Å². The van der Waals surface area contributed by atoms with E-state index in [-0.39, 0.29) is 0 Å². The maximum Gasteiger partial charge on any atom is 0.346 e. The van der Waals surface area contributed by atoms with Crippen molar-refractivity contribution >= 4 is 5.97 Å². The first-order chi connectivity index (χ1) is 6.86. The Labute approximate surface area is 80.1 Å². The molecule has 0 bridgehead atoms. The van der Waals surface area contributed by atoms with Gasteiger partial charge in [-0.2, -0.15) is 0 Å². The highest BCUT2D eigenvalue weighted by molar-refractivity contribution is 5.90. The SMILES string of the molecule is O=C(Oc1cccnc1)c1ccoc1. The average Bonchev–Trinajstić information content (AvgIpc) is 2.72. The maximum absolute atomic E-state index is 11.4. The number of pyridine rings is 1. The van der Waals surface area contributed by atoms with Gasteiger partial charge in [0.15, 0.2) is 0 Å². The lowest BCUT2D eigenvalue weighted by Crippen LogP contribution is -2.06. The van der Waals surface area contributed by atoms with E-state index in [2.05, 4.69) is 4.98 Å². The van der Waals surface area contributed by atoms with E-state index in [0.717, 1.165) is 0 Å². The number of rotatable bonds is 2. The molecule has 0 aliphatic carbocycles. The van der Waals surface area contributed by atoms with Crippen molar-refractivity contribution in [1.82, 2.24) is 4.98 Å². The molecule has 2 rings (SSSR count). The Hall–Kier alpha value is -2.10. The Balaban J connectivity index is 2.10. The highest BCUT2D eigenvalue weighted by Crippen LogP contribution is 2.10. The Morgan fingerprint density at radius 3 is 3.00 bits per heavy atom. The first-order valence-electron chi connectivity index (χ1n) is 4.00. The zero-order valence-electron chi connectivity index (χ0n) is 7.21. The molecular formula is C10H7NO3. The second kappa shape index (κ2) is 3.74. The molecule has 0 aliphatic rings. The summed E-state index contributed by atoms with van der Waals surface area (Å²) in [7, 11) is 0. The van der Waals surface area contributed by atoms with Gasteiger partial charge in [-0.3, -0.25) is 4.98 Å². The number of nitrogens with zero attached hydrogens (tertiary/aromatic N) is 1. The number of ether oxygens (including phenoxy) is 1. The van der Waals surface area contributed by atoms with Crippen molar-refractivity contribution in [2.24, 2.45) is 0 Å². The monoisotopic (exact) mass is 189 g/mol. The van der Waals surface area contributed by atoms with Crippen molar-refractivity contribution in [3.8, 4) is 5.75 Å². The van der Waals surface area contributed by atoms with Crippen LogP contribution in [0.25, 0.3) is 0 Å². The van der Waals surface area contributed by atoms with Crippen LogP contribution in [0.4, 0.5) is 0 Å². The molecule has 0 aromatic carbocycles. The second-order valence-corrected chi connectivity index (χ2v) is 2.59. The lowest BCUT2D eigenvalue weighted by molar-refractivity contribution is 0.0733. The highest BCUT2D eigenvalue weighted by Gasteiger charge is 2.08. The number of carbonyl (C=O) groups excluding carboxylic acids is 1. The summed E-state index contributed by atoms with van der Waals surface area (Å²) in [6.45, 7) is 0. The topological polar surface area (TPSA) is 52.3 Å². The summed E-state index contributed by atoms with van der Waals surface area (Å²) < 4.78 is 9.75. The zero-order chi connectivity index (χ0) is 9.80. The number of hydrogen-bond acceptors (Lipinski definition) is 4. The molecule has 0 atom stereocenters. The van der Waals surface area contributed by atoms with Gasteiger partial charge in [-0.25, -0.2) is 4.79 Å². The van der Waals surface area contributed by atoms with Crippen LogP contribution in [0.15, 0.2) is 47.5 Å². The molecule has 0 amide bonds. The molecule has 4 nitrogen and oxygen atoms in total. The van der Waals surface area contributed by atoms with Gasteiger partial charge < -0.3 is 9.15 Å². The molecule has 70 valence electrons. The molecule has 0 radical (unpaired) electrons. The fourth-order valence-corrected chi connectivity index (χ4v) is 0.954. The molecular weight excluding hydrogens is 182 g/mol. The molecule has 2 heterocycles. The molecule has 14 heavy (non-hydrogen) atoms. The Morgan fingerprint density at radius 2 is 2.36 bits per heavy atom. The average molecular weight is 189 g/mol. The van der Waals surface area contributed by atoms with Gasteiger partial charge >= 0.3 is 5.97 Å². The van der Waals surface area contributed by atoms with Crippen LogP contribution in [0.1, 0.15) is 10.4 Å². The molecule has 0 aliphatic heterocycles. The van der Waals surface area contributed by atoms with E-state index in [1.54, 1.807) is 24.4 Å². The van der Waals surface area contributed by atoms with Gasteiger partial charge in [0.25, 0.3) is 0 Å². The number of aromatic nitrogens is 1. The highest BCUT2D eigenvalue weighted by atomic mass is 16.5. The van der Waals surface area contributed by atoms with Crippen LogP contribution in [0, 0.1) is 0 Å². The molecule has 2 aromatic rings. The Bertz CT molecular complexity index is 408. The molecule has 4 heteroatoms. The lowest BCUT2D eigenvalue weighted by atomic mass is 10.3. The molecule has 0 saturated heterocycles. The minimum Gasteiger partial charge on any atom is -0.472 e. The minimum atomic E-state index is -0.452. The summed E-state index contributed by atoms with van der Waals surface area (Å²) in [5.74, 6) is -0.0366. The Kier molecular flexibility index (Phi) is 2.27. The van der Waals surface area contributed by atoms with Crippen molar-refractivity contribution in [2.45, 2.75) is 0 Å². The number of carbonyl (C=O) groups is 1. The molecule has 0 N–H and O–H groups in total. The van der Waals surface area contributed by atoms with Crippen molar-refractivity contribution in [3.05, 3.63) is 48.7 Å². The summed E-state index contributed by atoms with van der Waals surface area (Å²) in [6, 6.07) is 4.89. The third-order valence-electron chi connectivity index (χ3n) is 1.60. The van der Waals surface area contributed by atoms with Crippen LogP contribution >= 0.6 is 0 Å². The largest absolute Gasteiger partial charge is 0.472 e. The van der Waals surface area contributed by atoms with E-state index in [1.165, 1.54) is 18.7 Å². The van der Waals surface area contributed by atoms with E-state index < -0.39 is 5.97 Å². The van der Waals surface area contributed by atoms with E-state index >= 15 is 0 Å². The maximum atomic E-state index is 11.4. The van der Waals surface area contributed by atoms with Crippen molar-refractivity contribution in [3.63, 3.8) is 0 Å². The van der Waals surface area contributed by atoms with Crippen LogP contribution in [0.2, 0.25) is 0 Å². The van der Waals surface area contributed by atoms with Gasteiger partial charge in [-0.15, -0.1) is 0 Å². The van der Waals surface area contributed by atoms with Crippen LogP contribution in [0.5, 0.6) is 5.75 Å². The summed E-state index contributed by atoms with van der Waals surface area (Å²) in [4.78, 5) is 15.2. The fourth-order valence-electron chi connectivity index (χ4n) is 0.954. The van der Waals surface area contributed by atoms with Crippen LogP contribution in [0.3, 0.4) is 0 Å². The molecule has 2 aromatic heterocycles. The van der Waals surface area contributed by atoms with Gasteiger partial charge in [0.05, 0.1) is 18.0 Å². The number of esters is 1. The third kappa shape index (κ3) is 1.80. The summed E-state index contributed by atoms with van der Waals surface area (Å²) >= 11 is 0. The predicted octanol–water partition coefficient (Wildman–Crippen LogP) is 1.89. The molecule has 0 fully saturated rings. The minimum absolute atomic E-state index is 0.383. The predicted molar refractivity (Wildman–Crippen MR) is 47.9 cm³/mol. The van der Waals surface area contributed by atoms with Crippen LogP contribution in [-0.4, -0.2) is 11.0 Å². The van der Waals surface area contributed by atoms with E-state index in [1.807, 2.05) is 0 Å². The molecule has 0 spiro atoms. The van der Waals surface area contributed by atoms with Gasteiger partial charge in [-0.1, -0.05) is 0 Å². The smallest absolute Gasteiger partial charge is 0.346 e. The molecule has 0 unspecified atom stereocenters. The normalized spacial score (nSPS) is 9.71. The summed E-state index contributed by atoms with van der Waals surface area (Å²) in [6.07, 6.45) is 5.83. The fraction of sp³-hybridized carbons (Fsp3) is 0. The second-order valence-electron chi connectivity index (χ2n) is 2.59. The van der Waals surface area contributed by atoms with E-state index in [0.29, 0.717) is 11.3 Å². The standard InChI is InChI=1S/C10H7NO3/c12-10(8-3-5-13-7-8)14-9-2-1-4-11-6-9/h1-7H. The number of furan rings is 1. The van der Waals surface area contributed by atoms with Gasteiger partial charge in [0.2, 0.25) is 0 Å². The Morgan fingerprint density at radius 1 is 1.43 bits per heavy atom. The first-order valence-corrected chi connectivity index (χ1v) is 4.00. The summed E-state index contributed by atoms with van der Waals surface area (Å²) in [5.41, 5.74) is 0.383. The first kappa shape index (κ1) is 8.50. The lowest BCUT2D eigenvalue weighted by Gasteiger charge is -1.99. The summed E-state index contributed by atoms with van der Waals surface area (Å²) in [5, 5.41) is 0. The van der Waals surface area contributed by atoms with Crippen LogP contribution < -0.4 is 4.74 Å². The van der Waals surface area contributed by atoms with E-state index in [4.69, 9.17) is 9.15 Å².